The van der Waals surface area contributed by atoms with Crippen LogP contribution in [0.5, 0.6) is 5.75 Å². The lowest BCUT2D eigenvalue weighted by atomic mass is 10.2. The van der Waals surface area contributed by atoms with E-state index in [2.05, 4.69) is 20.7 Å². The molecule has 78 valence electrons. The topological polar surface area (TPSA) is 29.5 Å². The van der Waals surface area contributed by atoms with Crippen LogP contribution in [0.3, 0.4) is 0 Å². The first-order valence-corrected chi connectivity index (χ1v) is 4.36. The maximum absolute atomic E-state index is 11.8. The van der Waals surface area contributed by atoms with Crippen LogP contribution in [0.2, 0.25) is 0 Å². The number of hydrogen-bond donors (Lipinski definition) is 1. The van der Waals surface area contributed by atoms with E-state index in [1.807, 2.05) is 0 Å². The Labute approximate surface area is 86.4 Å². The molecule has 1 aromatic carbocycles. The molecule has 0 fully saturated rings. The first-order chi connectivity index (χ1) is 6.42. The summed E-state index contributed by atoms with van der Waals surface area (Å²) in [5.41, 5.74) is 0.500. The summed E-state index contributed by atoms with van der Waals surface area (Å²) in [5, 5.41) is 8.75. The lowest BCUT2D eigenvalue weighted by molar-refractivity contribution is -0.274. The predicted molar refractivity (Wildman–Crippen MR) is 46.7 cm³/mol. The zero-order chi connectivity index (χ0) is 10.8. The fraction of sp³-hybridized carbons (Fsp3) is 0.250. The molecule has 0 aliphatic rings. The highest BCUT2D eigenvalue weighted by molar-refractivity contribution is 9.10. The van der Waals surface area contributed by atoms with Crippen LogP contribution in [0.25, 0.3) is 0 Å². The predicted octanol–water partition coefficient (Wildman–Crippen LogP) is 2.84. The fourth-order valence-electron chi connectivity index (χ4n) is 0.853. The summed E-state index contributed by atoms with van der Waals surface area (Å²) in [6.45, 7) is -0.243. The molecule has 0 spiro atoms. The molecule has 0 aromatic heterocycles. The van der Waals surface area contributed by atoms with Crippen molar-refractivity contribution in [1.82, 2.24) is 0 Å². The van der Waals surface area contributed by atoms with Crippen molar-refractivity contribution in [1.29, 1.82) is 0 Å². The molecule has 0 aliphatic carbocycles. The van der Waals surface area contributed by atoms with E-state index in [0.29, 0.717) is 10.0 Å². The normalized spacial score (nSPS) is 11.5. The molecular formula is C8H6BrF3O2. The smallest absolute Gasteiger partial charge is 0.406 e. The van der Waals surface area contributed by atoms with Crippen molar-refractivity contribution in [2.24, 2.45) is 0 Å². The minimum absolute atomic E-state index is 0.243. The second-order valence-corrected chi connectivity index (χ2v) is 3.31. The molecule has 6 heteroatoms. The molecule has 0 saturated carbocycles. The van der Waals surface area contributed by atoms with Gasteiger partial charge in [-0.05, 0) is 17.7 Å². The van der Waals surface area contributed by atoms with Gasteiger partial charge in [0.05, 0.1) is 6.61 Å². The van der Waals surface area contributed by atoms with Crippen LogP contribution in [0, 0.1) is 0 Å². The Balaban J connectivity index is 2.87. The number of rotatable bonds is 2. The lowest BCUT2D eigenvalue weighted by Gasteiger charge is -2.09. The zero-order valence-electron chi connectivity index (χ0n) is 6.81. The molecule has 0 amide bonds. The van der Waals surface area contributed by atoms with Gasteiger partial charge in [-0.25, -0.2) is 0 Å². The molecule has 0 radical (unpaired) electrons. The number of aliphatic hydroxyl groups excluding tert-OH is 1. The maximum Gasteiger partial charge on any atom is 0.573 e. The van der Waals surface area contributed by atoms with Gasteiger partial charge in [-0.2, -0.15) is 0 Å². The third-order valence-corrected chi connectivity index (χ3v) is 2.17. The molecule has 1 rings (SSSR count). The molecule has 0 atom stereocenters. The Morgan fingerprint density at radius 3 is 2.43 bits per heavy atom. The van der Waals surface area contributed by atoms with Crippen LogP contribution in [-0.4, -0.2) is 11.5 Å². The Morgan fingerprint density at radius 2 is 2.00 bits per heavy atom. The quantitative estimate of drug-likeness (QED) is 0.896. The van der Waals surface area contributed by atoms with Gasteiger partial charge in [0.25, 0.3) is 0 Å². The van der Waals surface area contributed by atoms with E-state index in [9.17, 15) is 13.2 Å². The van der Waals surface area contributed by atoms with Crippen molar-refractivity contribution >= 4 is 15.9 Å². The summed E-state index contributed by atoms with van der Waals surface area (Å²) in [6, 6.07) is 3.65. The van der Waals surface area contributed by atoms with Gasteiger partial charge in [-0.1, -0.05) is 22.0 Å². The van der Waals surface area contributed by atoms with E-state index in [4.69, 9.17) is 5.11 Å². The number of alkyl halides is 3. The van der Waals surface area contributed by atoms with Crippen molar-refractivity contribution < 1.29 is 23.0 Å². The summed E-state index contributed by atoms with van der Waals surface area (Å²) in [7, 11) is 0. The number of aliphatic hydroxyl groups is 1. The van der Waals surface area contributed by atoms with Gasteiger partial charge in [0.2, 0.25) is 0 Å². The second-order valence-electron chi connectivity index (χ2n) is 2.46. The Bertz CT molecular complexity index is 325. The highest BCUT2D eigenvalue weighted by atomic mass is 79.9. The monoisotopic (exact) mass is 270 g/mol. The number of halogens is 4. The largest absolute Gasteiger partial charge is 0.573 e. The van der Waals surface area contributed by atoms with Crippen molar-refractivity contribution in [3.8, 4) is 5.75 Å². The molecule has 0 bridgehead atoms. The molecule has 0 saturated heterocycles. The molecular weight excluding hydrogens is 265 g/mol. The highest BCUT2D eigenvalue weighted by Crippen LogP contribution is 2.27. The molecule has 0 unspecified atom stereocenters. The summed E-state index contributed by atoms with van der Waals surface area (Å²) < 4.78 is 39.4. The Kier molecular flexibility index (Phi) is 3.38. The van der Waals surface area contributed by atoms with Gasteiger partial charge in [0.1, 0.15) is 5.75 Å². The Hall–Kier alpha value is -0.750. The van der Waals surface area contributed by atoms with Gasteiger partial charge in [-0.15, -0.1) is 13.2 Å². The van der Waals surface area contributed by atoms with Crippen molar-refractivity contribution in [2.75, 3.05) is 0 Å². The van der Waals surface area contributed by atoms with E-state index < -0.39 is 6.36 Å². The Morgan fingerprint density at radius 1 is 1.36 bits per heavy atom. The van der Waals surface area contributed by atoms with E-state index in [1.54, 1.807) is 0 Å². The second kappa shape index (κ2) is 4.18. The van der Waals surface area contributed by atoms with Gasteiger partial charge >= 0.3 is 6.36 Å². The number of ether oxygens (including phenoxy) is 1. The van der Waals surface area contributed by atoms with Gasteiger partial charge in [0.15, 0.2) is 0 Å². The average Bonchev–Trinajstić information content (AvgIpc) is 2.01. The SMILES string of the molecule is OCc1ccc(OC(F)(F)F)cc1Br. The highest BCUT2D eigenvalue weighted by Gasteiger charge is 2.31. The van der Waals surface area contributed by atoms with Crippen LogP contribution in [0.1, 0.15) is 5.56 Å². The summed E-state index contributed by atoms with van der Waals surface area (Å²) in [5.74, 6) is -0.318. The van der Waals surface area contributed by atoms with Crippen LogP contribution in [0.15, 0.2) is 22.7 Å². The van der Waals surface area contributed by atoms with Crippen LogP contribution in [0.4, 0.5) is 13.2 Å². The van der Waals surface area contributed by atoms with E-state index in [-0.39, 0.29) is 12.4 Å². The average molecular weight is 271 g/mol. The van der Waals surface area contributed by atoms with Crippen molar-refractivity contribution in [3.05, 3.63) is 28.2 Å². The van der Waals surface area contributed by atoms with E-state index >= 15 is 0 Å². The number of hydrogen-bond acceptors (Lipinski definition) is 2. The minimum atomic E-state index is -4.69. The number of benzene rings is 1. The van der Waals surface area contributed by atoms with E-state index in [0.717, 1.165) is 12.1 Å². The molecule has 0 aliphatic heterocycles. The third kappa shape index (κ3) is 3.19. The lowest BCUT2D eigenvalue weighted by Crippen LogP contribution is -2.17. The van der Waals surface area contributed by atoms with Gasteiger partial charge in [-0.3, -0.25) is 0 Å². The summed E-state index contributed by atoms with van der Waals surface area (Å²) in [6.07, 6.45) is -4.69. The molecule has 0 heterocycles. The minimum Gasteiger partial charge on any atom is -0.406 e. The standard InChI is InChI=1S/C8H6BrF3O2/c9-7-3-6(14-8(10,11)12)2-1-5(7)4-13/h1-3,13H,4H2. The van der Waals surface area contributed by atoms with Crippen LogP contribution < -0.4 is 4.74 Å². The first-order valence-electron chi connectivity index (χ1n) is 3.57. The summed E-state index contributed by atoms with van der Waals surface area (Å²) in [4.78, 5) is 0. The third-order valence-electron chi connectivity index (χ3n) is 1.43. The molecule has 2 nitrogen and oxygen atoms in total. The first kappa shape index (κ1) is 11.3. The molecule has 1 aromatic rings. The molecule has 1 N–H and O–H groups in total. The van der Waals surface area contributed by atoms with Crippen molar-refractivity contribution in [3.63, 3.8) is 0 Å². The van der Waals surface area contributed by atoms with Crippen LogP contribution >= 0.6 is 15.9 Å². The summed E-state index contributed by atoms with van der Waals surface area (Å²) >= 11 is 3.01. The fourth-order valence-corrected chi connectivity index (χ4v) is 1.34. The van der Waals surface area contributed by atoms with E-state index in [1.165, 1.54) is 6.07 Å². The van der Waals surface area contributed by atoms with Gasteiger partial charge in [0, 0.05) is 4.47 Å². The maximum atomic E-state index is 11.8. The zero-order valence-corrected chi connectivity index (χ0v) is 8.39. The van der Waals surface area contributed by atoms with Gasteiger partial charge < -0.3 is 9.84 Å². The van der Waals surface area contributed by atoms with Crippen LogP contribution in [-0.2, 0) is 6.61 Å². The molecule has 14 heavy (non-hydrogen) atoms. The van der Waals surface area contributed by atoms with Crippen molar-refractivity contribution in [2.45, 2.75) is 13.0 Å².